The molecule has 0 radical (unpaired) electrons. The summed E-state index contributed by atoms with van der Waals surface area (Å²) >= 11 is 0. The molecule has 13 heteroatoms. The lowest BCUT2D eigenvalue weighted by Gasteiger charge is -2.33. The van der Waals surface area contributed by atoms with Crippen molar-refractivity contribution >= 4 is 27.9 Å². The number of amides is 3. The van der Waals surface area contributed by atoms with Crippen LogP contribution in [0.3, 0.4) is 0 Å². The summed E-state index contributed by atoms with van der Waals surface area (Å²) in [5.74, 6) is -0.844. The van der Waals surface area contributed by atoms with Gasteiger partial charge in [0.1, 0.15) is 11.6 Å². The smallest absolute Gasteiger partial charge is 0.410 e. The van der Waals surface area contributed by atoms with Crippen LogP contribution in [0.2, 0.25) is 0 Å². The van der Waals surface area contributed by atoms with Crippen molar-refractivity contribution in [2.24, 2.45) is 17.8 Å². The molecule has 0 spiro atoms. The fraction of sp³-hybridized carbons (Fsp3) is 0.629. The molecule has 48 heavy (non-hydrogen) atoms. The van der Waals surface area contributed by atoms with Crippen LogP contribution in [0.5, 0.6) is 11.5 Å². The third-order valence-electron chi connectivity index (χ3n) is 11.2. The lowest BCUT2D eigenvalue weighted by molar-refractivity contribution is -0.132. The Bertz CT molecular complexity index is 1670. The second-order valence-electron chi connectivity index (χ2n) is 14.6. The average Bonchev–Trinajstić information content (AvgIpc) is 4.01. The number of carbonyl (C=O) groups excluding carboxylic acids is 3. The first kappa shape index (κ1) is 31.5. The summed E-state index contributed by atoms with van der Waals surface area (Å²) in [5.41, 5.74) is 1.46. The maximum atomic E-state index is 14.3. The molecule has 0 bridgehead atoms. The van der Waals surface area contributed by atoms with Gasteiger partial charge in [-0.05, 0) is 75.8 Å². The molecule has 0 aromatic heterocycles. The van der Waals surface area contributed by atoms with Gasteiger partial charge in [0.25, 0.3) is 5.91 Å². The maximum absolute atomic E-state index is 14.3. The molecule has 4 saturated carbocycles. The number of hydrogen-bond acceptors (Lipinski definition) is 9. The van der Waals surface area contributed by atoms with Crippen molar-refractivity contribution in [3.63, 3.8) is 0 Å². The second kappa shape index (κ2) is 12.0. The normalized spacial score (nSPS) is 32.2. The van der Waals surface area contributed by atoms with E-state index in [1.807, 2.05) is 18.2 Å². The van der Waals surface area contributed by atoms with Crippen LogP contribution in [0, 0.1) is 17.8 Å². The van der Waals surface area contributed by atoms with Gasteiger partial charge in [-0.15, -0.1) is 0 Å². The zero-order chi connectivity index (χ0) is 33.2. The molecule has 4 aliphatic carbocycles. The lowest BCUT2D eigenvalue weighted by Crippen LogP contribution is -2.54. The molecule has 7 aliphatic rings. The van der Waals surface area contributed by atoms with Gasteiger partial charge in [-0.2, -0.15) is 0 Å². The first-order chi connectivity index (χ1) is 23.1. The van der Waals surface area contributed by atoms with Gasteiger partial charge in [0.15, 0.2) is 11.5 Å². The predicted octanol–water partition coefficient (Wildman–Crippen LogP) is 3.85. The summed E-state index contributed by atoms with van der Waals surface area (Å²) in [6, 6.07) is 4.20. The number of hydrogen-bond donors (Lipinski definition) is 2. The second-order valence-corrected chi connectivity index (χ2v) is 16.6. The monoisotopic (exact) mass is 680 g/mol. The SMILES string of the molecule is C=C1C2C[C@H](OC(=O)N3Cc4ccc5c(c4C3)OCO5)C[C@H]2C(=O)N[C@]2(C(=O)NS(=O)(=O)C3CC3)C[C@H]2/C=C\CCCCCN1C1CC1. The van der Waals surface area contributed by atoms with E-state index >= 15 is 0 Å². The number of nitrogens with zero attached hydrogens (tertiary/aromatic N) is 2. The van der Waals surface area contributed by atoms with Crippen molar-refractivity contribution in [1.29, 1.82) is 0 Å². The van der Waals surface area contributed by atoms with Crippen LogP contribution in [0.25, 0.3) is 0 Å². The van der Waals surface area contributed by atoms with Crippen molar-refractivity contribution in [2.45, 2.75) is 107 Å². The largest absolute Gasteiger partial charge is 0.454 e. The Morgan fingerprint density at radius 3 is 2.65 bits per heavy atom. The van der Waals surface area contributed by atoms with E-state index < -0.39 is 44.8 Å². The van der Waals surface area contributed by atoms with Crippen LogP contribution in [-0.2, 0) is 37.4 Å². The highest BCUT2D eigenvalue weighted by Crippen LogP contribution is 2.48. The van der Waals surface area contributed by atoms with E-state index in [4.69, 9.17) is 14.2 Å². The third kappa shape index (κ3) is 5.92. The van der Waals surface area contributed by atoms with Gasteiger partial charge in [-0.1, -0.05) is 31.2 Å². The lowest BCUT2D eigenvalue weighted by atomic mass is 9.91. The van der Waals surface area contributed by atoms with E-state index in [0.717, 1.165) is 61.9 Å². The van der Waals surface area contributed by atoms with Crippen LogP contribution < -0.4 is 19.5 Å². The summed E-state index contributed by atoms with van der Waals surface area (Å²) in [4.78, 5) is 45.4. The molecule has 0 saturated heterocycles. The topological polar surface area (TPSA) is 144 Å². The summed E-state index contributed by atoms with van der Waals surface area (Å²) in [6.45, 7) is 6.28. The van der Waals surface area contributed by atoms with Gasteiger partial charge in [-0.25, -0.2) is 13.2 Å². The molecule has 258 valence electrons. The third-order valence-corrected chi connectivity index (χ3v) is 13.0. The van der Waals surface area contributed by atoms with E-state index in [9.17, 15) is 22.8 Å². The Balaban J connectivity index is 1.02. The maximum Gasteiger partial charge on any atom is 0.410 e. The number of fused-ring (bicyclic) bond motifs is 5. The highest BCUT2D eigenvalue weighted by Gasteiger charge is 2.62. The van der Waals surface area contributed by atoms with Crippen LogP contribution in [0.1, 0.15) is 81.8 Å². The molecule has 8 rings (SSSR count). The Labute approximate surface area is 281 Å². The minimum Gasteiger partial charge on any atom is -0.454 e. The molecule has 1 aromatic carbocycles. The molecular weight excluding hydrogens is 636 g/mol. The highest BCUT2D eigenvalue weighted by molar-refractivity contribution is 7.91. The Hall–Kier alpha value is -3.74. The zero-order valence-electron chi connectivity index (χ0n) is 27.2. The molecule has 12 nitrogen and oxygen atoms in total. The van der Waals surface area contributed by atoms with Gasteiger partial charge in [0.2, 0.25) is 22.7 Å². The summed E-state index contributed by atoms with van der Waals surface area (Å²) < 4.78 is 45.1. The van der Waals surface area contributed by atoms with Gasteiger partial charge in [0, 0.05) is 48.1 Å². The van der Waals surface area contributed by atoms with E-state index in [2.05, 4.69) is 27.6 Å². The van der Waals surface area contributed by atoms with Crippen molar-refractivity contribution in [3.8, 4) is 11.5 Å². The van der Waals surface area contributed by atoms with Crippen molar-refractivity contribution in [2.75, 3.05) is 13.3 Å². The van der Waals surface area contributed by atoms with Crippen LogP contribution >= 0.6 is 0 Å². The van der Waals surface area contributed by atoms with Crippen molar-refractivity contribution in [3.05, 3.63) is 47.7 Å². The molecule has 1 aromatic rings. The quantitative estimate of drug-likeness (QED) is 0.444. The number of allylic oxidation sites excluding steroid dienone is 2. The summed E-state index contributed by atoms with van der Waals surface area (Å²) in [6.07, 6.45) is 11.2. The fourth-order valence-electron chi connectivity index (χ4n) is 8.05. The zero-order valence-corrected chi connectivity index (χ0v) is 28.0. The van der Waals surface area contributed by atoms with Gasteiger partial charge in [0.05, 0.1) is 11.8 Å². The van der Waals surface area contributed by atoms with Crippen molar-refractivity contribution < 1.29 is 37.0 Å². The minimum atomic E-state index is -3.79. The predicted molar refractivity (Wildman–Crippen MR) is 174 cm³/mol. The summed E-state index contributed by atoms with van der Waals surface area (Å²) in [5, 5.41) is 2.48. The summed E-state index contributed by atoms with van der Waals surface area (Å²) in [7, 11) is -3.79. The Morgan fingerprint density at radius 1 is 1.04 bits per heavy atom. The van der Waals surface area contributed by atoms with Crippen LogP contribution in [0.4, 0.5) is 4.79 Å². The van der Waals surface area contributed by atoms with E-state index in [1.54, 1.807) is 4.90 Å². The number of carbonyl (C=O) groups is 3. The number of rotatable bonds is 5. The standard InChI is InChI=1S/C35H44N4O8S/c1-21-27-15-25(47-34(42)38-18-22-8-13-30-31(29(22)19-38)46-20-45-30)16-28(27)32(40)36-35(33(41)37-48(43,44)26-11-12-26)17-23(35)7-5-3-2-4-6-14-39(21)24-9-10-24/h5,7-8,13,23-28H,1-4,6,9-12,14-20H2,(H,36,40)(H,37,41)/b7-5-/t23-,25+,27?,28-,35-/m1/s1. The number of nitrogens with one attached hydrogen (secondary N) is 2. The Morgan fingerprint density at radius 2 is 1.85 bits per heavy atom. The van der Waals surface area contributed by atoms with Gasteiger partial charge < -0.3 is 24.4 Å². The molecule has 3 aliphatic heterocycles. The highest BCUT2D eigenvalue weighted by atomic mass is 32.2. The molecule has 5 atom stereocenters. The van der Waals surface area contributed by atoms with E-state index in [-0.39, 0.29) is 31.0 Å². The number of ether oxygens (including phenoxy) is 3. The van der Waals surface area contributed by atoms with Gasteiger partial charge in [-0.3, -0.25) is 19.2 Å². The molecule has 3 amide bonds. The van der Waals surface area contributed by atoms with E-state index in [0.29, 0.717) is 56.3 Å². The first-order valence-corrected chi connectivity index (χ1v) is 19.0. The first-order valence-electron chi connectivity index (χ1n) is 17.5. The molecule has 1 unspecified atom stereocenters. The molecule has 2 N–H and O–H groups in total. The van der Waals surface area contributed by atoms with Crippen LogP contribution in [-0.4, -0.2) is 72.4 Å². The van der Waals surface area contributed by atoms with E-state index in [1.165, 1.54) is 0 Å². The Kier molecular flexibility index (Phi) is 7.88. The molecule has 3 heterocycles. The molecular formula is C35H44N4O8S. The number of sulfonamides is 1. The average molecular weight is 681 g/mol. The van der Waals surface area contributed by atoms with Crippen LogP contribution in [0.15, 0.2) is 36.6 Å². The fourth-order valence-corrected chi connectivity index (χ4v) is 9.42. The van der Waals surface area contributed by atoms with Gasteiger partial charge >= 0.3 is 6.09 Å². The molecule has 4 fully saturated rings. The minimum absolute atomic E-state index is 0.154. The number of benzene rings is 1. The van der Waals surface area contributed by atoms with Crippen molar-refractivity contribution in [1.82, 2.24) is 19.8 Å².